The van der Waals surface area contributed by atoms with Crippen molar-refractivity contribution in [2.75, 3.05) is 19.0 Å². The number of halogens is 1. The van der Waals surface area contributed by atoms with E-state index in [1.807, 2.05) is 0 Å². The number of benzene rings is 1. The quantitative estimate of drug-likeness (QED) is 0.357. The van der Waals surface area contributed by atoms with E-state index in [1.165, 1.54) is 30.8 Å². The second-order valence-corrected chi connectivity index (χ2v) is 8.80. The minimum absolute atomic E-state index is 0.0378. The fourth-order valence-electron chi connectivity index (χ4n) is 3.74. The van der Waals surface area contributed by atoms with Gasteiger partial charge in [-0.25, -0.2) is 18.9 Å². The van der Waals surface area contributed by atoms with Crippen molar-refractivity contribution in [2.24, 2.45) is 5.92 Å². The molecule has 37 heavy (non-hydrogen) atoms. The number of anilines is 1. The predicted molar refractivity (Wildman–Crippen MR) is 133 cm³/mol. The van der Waals surface area contributed by atoms with E-state index in [0.29, 0.717) is 46.6 Å². The molecule has 0 unspecified atom stereocenters. The highest BCUT2D eigenvalue weighted by molar-refractivity contribution is 5.97. The summed E-state index contributed by atoms with van der Waals surface area (Å²) in [6.07, 6.45) is 5.43. The molecular weight excluding hydrogens is 479 g/mol. The van der Waals surface area contributed by atoms with E-state index >= 15 is 0 Å². The number of methoxy groups -OCH3 is 1. The SMILES string of the molecule is COc1ncc(-c2ccc3nc(NC(C)=O)cn3n2)cc1C(=O)NCc1cc(OCC2CC2)ccc1F. The number of rotatable bonds is 9. The zero-order valence-electron chi connectivity index (χ0n) is 20.3. The monoisotopic (exact) mass is 504 g/mol. The molecule has 1 saturated carbocycles. The first-order valence-electron chi connectivity index (χ1n) is 11.8. The van der Waals surface area contributed by atoms with Crippen molar-refractivity contribution in [1.29, 1.82) is 0 Å². The Morgan fingerprint density at radius 3 is 2.78 bits per heavy atom. The lowest BCUT2D eigenvalue weighted by molar-refractivity contribution is -0.114. The summed E-state index contributed by atoms with van der Waals surface area (Å²) in [6, 6.07) is 9.59. The van der Waals surface area contributed by atoms with Crippen LogP contribution in [0.3, 0.4) is 0 Å². The van der Waals surface area contributed by atoms with Crippen LogP contribution in [0.5, 0.6) is 11.6 Å². The van der Waals surface area contributed by atoms with Crippen LogP contribution in [-0.2, 0) is 11.3 Å². The molecule has 3 aromatic heterocycles. The molecule has 0 saturated heterocycles. The number of ether oxygens (including phenoxy) is 2. The van der Waals surface area contributed by atoms with E-state index in [9.17, 15) is 14.0 Å². The van der Waals surface area contributed by atoms with E-state index in [0.717, 1.165) is 12.8 Å². The third-order valence-corrected chi connectivity index (χ3v) is 5.85. The van der Waals surface area contributed by atoms with Gasteiger partial charge in [0.05, 0.1) is 25.6 Å². The Balaban J connectivity index is 1.34. The molecule has 1 aliphatic carbocycles. The summed E-state index contributed by atoms with van der Waals surface area (Å²) in [5, 5.41) is 9.85. The first-order valence-corrected chi connectivity index (χ1v) is 11.8. The number of carbonyl (C=O) groups is 2. The maximum atomic E-state index is 14.4. The number of aromatic nitrogens is 4. The Morgan fingerprint density at radius 2 is 2.03 bits per heavy atom. The predicted octanol–water partition coefficient (Wildman–Crippen LogP) is 3.62. The average molecular weight is 505 g/mol. The molecule has 0 radical (unpaired) electrons. The summed E-state index contributed by atoms with van der Waals surface area (Å²) in [7, 11) is 1.42. The normalized spacial score (nSPS) is 12.8. The highest BCUT2D eigenvalue weighted by atomic mass is 19.1. The minimum Gasteiger partial charge on any atom is -0.493 e. The Labute approximate surface area is 211 Å². The van der Waals surface area contributed by atoms with Gasteiger partial charge in [0.2, 0.25) is 11.8 Å². The number of fused-ring (bicyclic) bond motifs is 1. The third kappa shape index (κ3) is 5.66. The molecule has 5 rings (SSSR count). The lowest BCUT2D eigenvalue weighted by Crippen LogP contribution is -2.24. The van der Waals surface area contributed by atoms with Crippen molar-refractivity contribution in [1.82, 2.24) is 24.9 Å². The Bertz CT molecular complexity index is 1480. The molecule has 0 bridgehead atoms. The second-order valence-electron chi connectivity index (χ2n) is 8.80. The maximum Gasteiger partial charge on any atom is 0.257 e. The van der Waals surface area contributed by atoms with Crippen molar-refractivity contribution in [3.63, 3.8) is 0 Å². The van der Waals surface area contributed by atoms with Gasteiger partial charge in [-0.2, -0.15) is 5.10 Å². The number of carbonyl (C=O) groups excluding carboxylic acids is 2. The molecule has 0 spiro atoms. The average Bonchev–Trinajstić information content (AvgIpc) is 3.64. The number of imidazole rings is 1. The van der Waals surface area contributed by atoms with Gasteiger partial charge in [-0.1, -0.05) is 0 Å². The second kappa shape index (κ2) is 10.2. The molecule has 190 valence electrons. The summed E-state index contributed by atoms with van der Waals surface area (Å²) < 4.78 is 26.9. The van der Waals surface area contributed by atoms with Gasteiger partial charge in [0, 0.05) is 30.8 Å². The highest BCUT2D eigenvalue weighted by Crippen LogP contribution is 2.30. The number of hydrogen-bond acceptors (Lipinski definition) is 7. The fourth-order valence-corrected chi connectivity index (χ4v) is 3.74. The van der Waals surface area contributed by atoms with Crippen molar-refractivity contribution >= 4 is 23.3 Å². The molecule has 11 heteroatoms. The largest absolute Gasteiger partial charge is 0.493 e. The number of hydrogen-bond donors (Lipinski definition) is 2. The molecule has 10 nitrogen and oxygen atoms in total. The molecule has 1 aromatic carbocycles. The van der Waals surface area contributed by atoms with Crippen LogP contribution < -0.4 is 20.1 Å². The van der Waals surface area contributed by atoms with Crippen LogP contribution in [0.2, 0.25) is 0 Å². The lowest BCUT2D eigenvalue weighted by Gasteiger charge is -2.12. The van der Waals surface area contributed by atoms with Gasteiger partial charge in [0.25, 0.3) is 5.91 Å². The van der Waals surface area contributed by atoms with E-state index in [4.69, 9.17) is 9.47 Å². The summed E-state index contributed by atoms with van der Waals surface area (Å²) in [6.45, 7) is 1.97. The number of pyridine rings is 1. The Hall–Kier alpha value is -4.54. The molecule has 4 aromatic rings. The first-order chi connectivity index (χ1) is 17.9. The van der Waals surface area contributed by atoms with Gasteiger partial charge in [-0.3, -0.25) is 9.59 Å². The molecular formula is C26H25FN6O4. The van der Waals surface area contributed by atoms with Crippen LogP contribution in [0.15, 0.2) is 48.8 Å². The van der Waals surface area contributed by atoms with Crippen molar-refractivity contribution in [3.05, 3.63) is 65.7 Å². The van der Waals surface area contributed by atoms with Gasteiger partial charge in [0.1, 0.15) is 17.1 Å². The maximum absolute atomic E-state index is 14.4. The summed E-state index contributed by atoms with van der Waals surface area (Å²) in [4.78, 5) is 32.9. The molecule has 0 aliphatic heterocycles. The summed E-state index contributed by atoms with van der Waals surface area (Å²) >= 11 is 0. The highest BCUT2D eigenvalue weighted by Gasteiger charge is 2.22. The van der Waals surface area contributed by atoms with E-state index in [2.05, 4.69) is 25.7 Å². The molecule has 0 atom stereocenters. The zero-order valence-corrected chi connectivity index (χ0v) is 20.3. The van der Waals surface area contributed by atoms with Crippen LogP contribution >= 0.6 is 0 Å². The van der Waals surface area contributed by atoms with E-state index < -0.39 is 11.7 Å². The van der Waals surface area contributed by atoms with Crippen LogP contribution in [-0.4, -0.2) is 45.1 Å². The van der Waals surface area contributed by atoms with Crippen LogP contribution in [0, 0.1) is 11.7 Å². The number of amides is 2. The number of nitrogens with one attached hydrogen (secondary N) is 2. The molecule has 3 heterocycles. The van der Waals surface area contributed by atoms with E-state index in [-0.39, 0.29) is 23.9 Å². The topological polar surface area (TPSA) is 120 Å². The van der Waals surface area contributed by atoms with Gasteiger partial charge in [0.15, 0.2) is 11.5 Å². The van der Waals surface area contributed by atoms with Gasteiger partial charge in [-0.05, 0) is 55.2 Å². The summed E-state index contributed by atoms with van der Waals surface area (Å²) in [5.41, 5.74) is 2.11. The number of nitrogens with zero attached hydrogens (tertiary/aromatic N) is 4. The third-order valence-electron chi connectivity index (χ3n) is 5.85. The Kier molecular flexibility index (Phi) is 6.67. The van der Waals surface area contributed by atoms with Gasteiger partial charge < -0.3 is 20.1 Å². The van der Waals surface area contributed by atoms with E-state index in [1.54, 1.807) is 36.5 Å². The van der Waals surface area contributed by atoms with Crippen molar-refractivity contribution in [3.8, 4) is 22.9 Å². The summed E-state index contributed by atoms with van der Waals surface area (Å²) in [5.74, 6) is 0.487. The Morgan fingerprint density at radius 1 is 1.19 bits per heavy atom. The first kappa shape index (κ1) is 24.2. The van der Waals surface area contributed by atoms with Crippen molar-refractivity contribution < 1.29 is 23.5 Å². The lowest BCUT2D eigenvalue weighted by atomic mass is 10.1. The smallest absolute Gasteiger partial charge is 0.257 e. The molecule has 2 amide bonds. The van der Waals surface area contributed by atoms with Crippen LogP contribution in [0.25, 0.3) is 16.9 Å². The zero-order chi connectivity index (χ0) is 25.9. The van der Waals surface area contributed by atoms with Gasteiger partial charge in [-0.15, -0.1) is 0 Å². The van der Waals surface area contributed by atoms with Crippen molar-refractivity contribution in [2.45, 2.75) is 26.3 Å². The van der Waals surface area contributed by atoms with Crippen LogP contribution in [0.1, 0.15) is 35.7 Å². The van der Waals surface area contributed by atoms with Crippen LogP contribution in [0.4, 0.5) is 10.2 Å². The molecule has 2 N–H and O–H groups in total. The molecule has 1 aliphatic rings. The minimum atomic E-state index is -0.480. The fraction of sp³-hybridized carbons (Fsp3) is 0.269. The molecule has 1 fully saturated rings. The van der Waals surface area contributed by atoms with Gasteiger partial charge >= 0.3 is 0 Å². The standard InChI is InChI=1S/C26H25FN6O4/c1-15(34)30-23-13-33-24(31-23)8-7-22(32-33)18-10-20(26(36-2)29-12-18)25(35)28-11-17-9-19(5-6-21(17)27)37-14-16-3-4-16/h5-10,12-13,16H,3-4,11,14H2,1-2H3,(H,28,35)(H,30,34).